The molecule has 0 amide bonds. The average molecular weight is 462 g/mol. The van der Waals surface area contributed by atoms with Gasteiger partial charge in [-0.1, -0.05) is 22.7 Å². The predicted octanol–water partition coefficient (Wildman–Crippen LogP) is 3.52. The van der Waals surface area contributed by atoms with E-state index in [1.165, 1.54) is 24.2 Å². The van der Waals surface area contributed by atoms with Crippen molar-refractivity contribution in [3.8, 4) is 27.6 Å². The van der Waals surface area contributed by atoms with Crippen LogP contribution >= 0.6 is 35.1 Å². The number of pyridine rings is 1. The molecule has 0 radical (unpaired) electrons. The molecule has 0 aliphatic carbocycles. The lowest BCUT2D eigenvalue weighted by atomic mass is 9.74. The van der Waals surface area contributed by atoms with Crippen LogP contribution in [0.25, 0.3) is 31.5 Å². The fourth-order valence-electron chi connectivity index (χ4n) is 4.25. The first-order chi connectivity index (χ1) is 14.2. The monoisotopic (exact) mass is 461 g/mol. The SMILES string of the molecule is Cl.Oc1cc(-c2cn[nH]c2)cnc1-c1nc2sc(N3CC4(CCCNC4)C3)nc2s1. The van der Waals surface area contributed by atoms with Crippen molar-refractivity contribution in [3.63, 3.8) is 0 Å². The van der Waals surface area contributed by atoms with Crippen LogP contribution in [0.5, 0.6) is 5.75 Å². The van der Waals surface area contributed by atoms with E-state index in [1.807, 2.05) is 0 Å². The van der Waals surface area contributed by atoms with E-state index in [9.17, 15) is 5.11 Å². The zero-order valence-corrected chi connectivity index (χ0v) is 18.4. The zero-order valence-electron chi connectivity index (χ0n) is 16.0. The predicted molar refractivity (Wildman–Crippen MR) is 122 cm³/mol. The number of fused-ring (bicyclic) bond motifs is 1. The van der Waals surface area contributed by atoms with Crippen molar-refractivity contribution in [2.75, 3.05) is 31.1 Å². The maximum absolute atomic E-state index is 10.5. The van der Waals surface area contributed by atoms with Crippen molar-refractivity contribution >= 4 is 49.9 Å². The number of aromatic nitrogens is 5. The number of thiazole rings is 2. The molecule has 2 fully saturated rings. The van der Waals surface area contributed by atoms with Crippen LogP contribution in [-0.4, -0.2) is 56.4 Å². The van der Waals surface area contributed by atoms with E-state index in [4.69, 9.17) is 9.97 Å². The third-order valence-electron chi connectivity index (χ3n) is 5.75. The van der Waals surface area contributed by atoms with Crippen molar-refractivity contribution in [1.29, 1.82) is 0 Å². The van der Waals surface area contributed by atoms with Crippen molar-refractivity contribution in [2.24, 2.45) is 5.41 Å². The third-order valence-corrected chi connectivity index (χ3v) is 7.85. The van der Waals surface area contributed by atoms with Crippen LogP contribution in [0.1, 0.15) is 12.8 Å². The van der Waals surface area contributed by atoms with Crippen molar-refractivity contribution in [1.82, 2.24) is 30.5 Å². The number of aromatic hydroxyl groups is 1. The maximum Gasteiger partial charge on any atom is 0.188 e. The van der Waals surface area contributed by atoms with Crippen molar-refractivity contribution in [3.05, 3.63) is 24.7 Å². The number of piperidine rings is 1. The molecule has 6 heterocycles. The fraction of sp³-hybridized carbons (Fsp3) is 0.368. The molecule has 30 heavy (non-hydrogen) atoms. The van der Waals surface area contributed by atoms with Gasteiger partial charge < -0.3 is 15.3 Å². The van der Waals surface area contributed by atoms with Crippen LogP contribution in [0.3, 0.4) is 0 Å². The average Bonchev–Trinajstić information content (AvgIpc) is 3.43. The Labute approximate surface area is 186 Å². The summed E-state index contributed by atoms with van der Waals surface area (Å²) in [6.07, 6.45) is 7.76. The highest BCUT2D eigenvalue weighted by molar-refractivity contribution is 7.29. The Kier molecular flexibility index (Phi) is 4.89. The molecule has 2 aliphatic rings. The van der Waals surface area contributed by atoms with Crippen LogP contribution in [0.2, 0.25) is 0 Å². The number of H-pyrrole nitrogens is 1. The van der Waals surface area contributed by atoms with Gasteiger partial charge >= 0.3 is 0 Å². The van der Waals surface area contributed by atoms with E-state index in [1.54, 1.807) is 36.0 Å². The Morgan fingerprint density at radius 1 is 1.10 bits per heavy atom. The summed E-state index contributed by atoms with van der Waals surface area (Å²) in [6.45, 7) is 4.41. The van der Waals surface area contributed by atoms with Crippen LogP contribution in [0, 0.1) is 5.41 Å². The summed E-state index contributed by atoms with van der Waals surface area (Å²) < 4.78 is 0. The van der Waals surface area contributed by atoms with Crippen LogP contribution in [0.15, 0.2) is 24.7 Å². The van der Waals surface area contributed by atoms with Gasteiger partial charge in [-0.25, -0.2) is 15.0 Å². The number of nitrogens with zero attached hydrogens (tertiary/aromatic N) is 5. The Morgan fingerprint density at radius 2 is 1.97 bits per heavy atom. The van der Waals surface area contributed by atoms with Gasteiger partial charge in [0.1, 0.15) is 16.5 Å². The summed E-state index contributed by atoms with van der Waals surface area (Å²) in [6, 6.07) is 1.69. The van der Waals surface area contributed by atoms with Crippen LogP contribution in [0.4, 0.5) is 5.13 Å². The van der Waals surface area contributed by atoms with Gasteiger partial charge in [-0.3, -0.25) is 5.10 Å². The molecule has 4 aromatic rings. The highest BCUT2D eigenvalue weighted by atomic mass is 35.5. The standard InChI is InChI=1S/C19H19N7OS2.ClH/c27-13-4-11(12-6-22-23-7-12)5-21-14(13)15-24-16-17(28-15)25-18(29-16)26-9-19(10-26)2-1-3-20-8-19;/h4-7,20,27H,1-3,8-10H2,(H,22,23);1H. The molecule has 0 unspecified atom stereocenters. The molecule has 0 saturated carbocycles. The summed E-state index contributed by atoms with van der Waals surface area (Å²) in [5.41, 5.74) is 2.61. The number of aromatic amines is 1. The molecule has 1 spiro atoms. The summed E-state index contributed by atoms with van der Waals surface area (Å²) in [7, 11) is 0. The molecule has 156 valence electrons. The summed E-state index contributed by atoms with van der Waals surface area (Å²) in [5.74, 6) is 0.111. The zero-order chi connectivity index (χ0) is 19.4. The molecular weight excluding hydrogens is 442 g/mol. The summed E-state index contributed by atoms with van der Waals surface area (Å²) in [4.78, 5) is 18.1. The second-order valence-electron chi connectivity index (χ2n) is 7.84. The second-order valence-corrected chi connectivity index (χ2v) is 9.77. The Balaban J connectivity index is 0.00000193. The molecule has 0 aromatic carbocycles. The van der Waals surface area contributed by atoms with Gasteiger partial charge in [-0.2, -0.15) is 5.10 Å². The van der Waals surface area contributed by atoms with E-state index in [0.29, 0.717) is 16.1 Å². The lowest BCUT2D eigenvalue weighted by Gasteiger charge is -2.52. The molecule has 3 N–H and O–H groups in total. The fourth-order valence-corrected chi connectivity index (χ4v) is 6.29. The lowest BCUT2D eigenvalue weighted by molar-refractivity contribution is 0.157. The first kappa shape index (κ1) is 19.7. The van der Waals surface area contributed by atoms with Gasteiger partial charge in [0, 0.05) is 48.6 Å². The molecule has 2 aliphatic heterocycles. The molecule has 0 bridgehead atoms. The Bertz CT molecular complexity index is 1140. The van der Waals surface area contributed by atoms with Crippen molar-refractivity contribution < 1.29 is 5.11 Å². The van der Waals surface area contributed by atoms with E-state index in [0.717, 1.165) is 52.1 Å². The van der Waals surface area contributed by atoms with Crippen molar-refractivity contribution in [2.45, 2.75) is 12.8 Å². The number of anilines is 1. The minimum absolute atomic E-state index is 0. The van der Waals surface area contributed by atoms with E-state index >= 15 is 0 Å². The molecule has 11 heteroatoms. The second kappa shape index (κ2) is 7.45. The summed E-state index contributed by atoms with van der Waals surface area (Å²) >= 11 is 3.10. The highest BCUT2D eigenvalue weighted by Crippen LogP contribution is 2.44. The first-order valence-electron chi connectivity index (χ1n) is 9.61. The molecule has 4 aromatic heterocycles. The van der Waals surface area contributed by atoms with Gasteiger partial charge in [-0.05, 0) is 25.5 Å². The number of hydrogen-bond acceptors (Lipinski definition) is 9. The third kappa shape index (κ3) is 3.24. The normalized spacial score (nSPS) is 17.8. The number of rotatable bonds is 3. The van der Waals surface area contributed by atoms with Gasteiger partial charge in [0.05, 0.1) is 6.20 Å². The molecular formula is C19H20ClN7OS2. The minimum Gasteiger partial charge on any atom is -0.506 e. The van der Waals surface area contributed by atoms with Gasteiger partial charge in [0.2, 0.25) is 0 Å². The minimum atomic E-state index is 0. The number of nitrogens with one attached hydrogen (secondary N) is 2. The molecule has 6 rings (SSSR count). The smallest absolute Gasteiger partial charge is 0.188 e. The van der Waals surface area contributed by atoms with E-state index in [2.05, 4.69) is 25.4 Å². The quantitative estimate of drug-likeness (QED) is 0.429. The van der Waals surface area contributed by atoms with Gasteiger partial charge in [-0.15, -0.1) is 12.4 Å². The van der Waals surface area contributed by atoms with Crippen LogP contribution < -0.4 is 10.2 Å². The molecule has 8 nitrogen and oxygen atoms in total. The largest absolute Gasteiger partial charge is 0.506 e. The lowest BCUT2D eigenvalue weighted by Crippen LogP contribution is -2.62. The number of halogens is 1. The Hall–Kier alpha value is -2.27. The molecule has 0 atom stereocenters. The highest BCUT2D eigenvalue weighted by Gasteiger charge is 2.44. The van der Waals surface area contributed by atoms with E-state index in [-0.39, 0.29) is 18.2 Å². The first-order valence-corrected chi connectivity index (χ1v) is 11.2. The maximum atomic E-state index is 10.5. The van der Waals surface area contributed by atoms with Gasteiger partial charge in [0.25, 0.3) is 0 Å². The Morgan fingerprint density at radius 3 is 2.67 bits per heavy atom. The molecule has 2 saturated heterocycles. The topological polar surface area (TPSA) is 103 Å². The summed E-state index contributed by atoms with van der Waals surface area (Å²) in [5, 5.41) is 22.4. The van der Waals surface area contributed by atoms with Gasteiger partial charge in [0.15, 0.2) is 14.8 Å². The van der Waals surface area contributed by atoms with Crippen LogP contribution in [-0.2, 0) is 0 Å². The van der Waals surface area contributed by atoms with E-state index < -0.39 is 0 Å². The number of hydrogen-bond donors (Lipinski definition) is 3.